The Balaban J connectivity index is 0.00000132. The van der Waals surface area contributed by atoms with Gasteiger partial charge in [-0.3, -0.25) is 4.90 Å². The molecule has 4 rings (SSSR count). The van der Waals surface area contributed by atoms with Gasteiger partial charge in [0.2, 0.25) is 0 Å². The highest BCUT2D eigenvalue weighted by Crippen LogP contribution is 2.40. The molecule has 3 heteroatoms. The summed E-state index contributed by atoms with van der Waals surface area (Å²) in [5.74, 6) is 0. The van der Waals surface area contributed by atoms with Crippen LogP contribution in [0.3, 0.4) is 0 Å². The van der Waals surface area contributed by atoms with Crippen molar-refractivity contribution < 1.29 is 0 Å². The van der Waals surface area contributed by atoms with E-state index in [4.69, 9.17) is 0 Å². The van der Waals surface area contributed by atoms with Crippen LogP contribution in [-0.4, -0.2) is 22.4 Å². The van der Waals surface area contributed by atoms with E-state index >= 15 is 0 Å². The van der Waals surface area contributed by atoms with Crippen LogP contribution < -0.4 is 0 Å². The fraction of sp³-hybridized carbons (Fsp3) is 0.556. The second kappa shape index (κ2) is 6.02. The molecule has 0 saturated carbocycles. The largest absolute Gasteiger partial charge is 0.320 e. The Kier molecular flexibility index (Phi) is 4.28. The zero-order chi connectivity index (χ0) is 13.5. The highest BCUT2D eigenvalue weighted by molar-refractivity contribution is 5.85. The minimum Gasteiger partial charge on any atom is -0.320 e. The molecule has 2 nitrogen and oxygen atoms in total. The lowest BCUT2D eigenvalue weighted by molar-refractivity contribution is 0.148. The molecule has 1 aliphatic carbocycles. The number of hydrogen-bond donors (Lipinski definition) is 0. The summed E-state index contributed by atoms with van der Waals surface area (Å²) in [6, 6.07) is 7.29. The molecule has 2 aromatic heterocycles. The van der Waals surface area contributed by atoms with Crippen molar-refractivity contribution in [3.05, 3.63) is 41.2 Å². The van der Waals surface area contributed by atoms with Crippen molar-refractivity contribution in [3.8, 4) is 0 Å². The van der Waals surface area contributed by atoms with Gasteiger partial charge >= 0.3 is 0 Å². The first kappa shape index (κ1) is 14.9. The molecule has 0 spiro atoms. The molecule has 1 fully saturated rings. The predicted octanol–water partition coefficient (Wildman–Crippen LogP) is 4.53. The molecule has 2 aliphatic rings. The third-order valence-corrected chi connectivity index (χ3v) is 5.31. The van der Waals surface area contributed by atoms with E-state index in [1.165, 1.54) is 62.7 Å². The van der Waals surface area contributed by atoms with Gasteiger partial charge in [-0.25, -0.2) is 0 Å². The van der Waals surface area contributed by atoms with E-state index in [1.54, 1.807) is 11.3 Å². The maximum Gasteiger partial charge on any atom is 0.0485 e. The number of hydrogen-bond acceptors (Lipinski definition) is 1. The fourth-order valence-corrected chi connectivity index (χ4v) is 4.37. The van der Waals surface area contributed by atoms with Gasteiger partial charge < -0.3 is 4.40 Å². The van der Waals surface area contributed by atoms with Gasteiger partial charge in [0.25, 0.3) is 0 Å². The number of aryl methyl sites for hydroxylation is 2. The molecular weight excluding hydrogens is 280 g/mol. The molecule has 3 heterocycles. The molecule has 1 aliphatic heterocycles. The average molecular weight is 305 g/mol. The van der Waals surface area contributed by atoms with E-state index in [0.29, 0.717) is 6.04 Å². The van der Waals surface area contributed by atoms with Gasteiger partial charge in [0.05, 0.1) is 0 Å². The lowest BCUT2D eigenvalue weighted by atomic mass is 9.88. The van der Waals surface area contributed by atoms with Crippen molar-refractivity contribution in [2.24, 2.45) is 0 Å². The van der Waals surface area contributed by atoms with Gasteiger partial charge in [-0.05, 0) is 75.4 Å². The predicted molar refractivity (Wildman–Crippen MR) is 90.5 cm³/mol. The van der Waals surface area contributed by atoms with Crippen molar-refractivity contribution in [1.82, 2.24) is 9.30 Å². The Morgan fingerprint density at radius 1 is 1.05 bits per heavy atom. The summed E-state index contributed by atoms with van der Waals surface area (Å²) < 4.78 is 2.45. The number of rotatable bonds is 1. The summed E-state index contributed by atoms with van der Waals surface area (Å²) in [5.41, 5.74) is 6.18. The number of nitrogens with zero attached hydrogens (tertiary/aromatic N) is 2. The van der Waals surface area contributed by atoms with Crippen molar-refractivity contribution in [2.75, 3.05) is 13.1 Å². The van der Waals surface area contributed by atoms with Gasteiger partial charge in [0.1, 0.15) is 0 Å². The van der Waals surface area contributed by atoms with Crippen LogP contribution in [0.4, 0.5) is 0 Å². The Labute approximate surface area is 133 Å². The van der Waals surface area contributed by atoms with Crippen LogP contribution >= 0.6 is 12.4 Å². The van der Waals surface area contributed by atoms with Crippen molar-refractivity contribution in [1.29, 1.82) is 0 Å². The van der Waals surface area contributed by atoms with Crippen LogP contribution in [0.2, 0.25) is 0 Å². The molecule has 0 aromatic carbocycles. The highest BCUT2D eigenvalue weighted by atomic mass is 35.5. The summed E-state index contributed by atoms with van der Waals surface area (Å²) in [5, 5.41) is 0. The Bertz CT molecular complexity index is 625. The van der Waals surface area contributed by atoms with E-state index in [1.807, 2.05) is 0 Å². The fourth-order valence-electron chi connectivity index (χ4n) is 4.37. The normalized spacial score (nSPS) is 22.8. The van der Waals surface area contributed by atoms with Crippen molar-refractivity contribution >= 4 is 17.9 Å². The monoisotopic (exact) mass is 304 g/mol. The number of piperidine rings is 1. The first-order chi connectivity index (χ1) is 9.86. The summed E-state index contributed by atoms with van der Waals surface area (Å²) >= 11 is 0. The van der Waals surface area contributed by atoms with Crippen LogP contribution in [0.25, 0.3) is 5.52 Å². The Morgan fingerprint density at radius 2 is 1.86 bits per heavy atom. The molecule has 2 aromatic rings. The SMILES string of the molecule is Cc1c2c(n3ccccc13)CCCC2N1CCCCC1.Cl. The summed E-state index contributed by atoms with van der Waals surface area (Å²) in [7, 11) is 0. The molecule has 114 valence electrons. The van der Waals surface area contributed by atoms with Gasteiger partial charge in [0, 0.05) is 23.4 Å². The quantitative estimate of drug-likeness (QED) is 0.751. The van der Waals surface area contributed by atoms with Crippen molar-refractivity contribution in [2.45, 2.75) is 51.5 Å². The van der Waals surface area contributed by atoms with E-state index < -0.39 is 0 Å². The number of fused-ring (bicyclic) bond motifs is 3. The third kappa shape index (κ3) is 2.39. The summed E-state index contributed by atoms with van der Waals surface area (Å²) in [6.45, 7) is 4.93. The van der Waals surface area contributed by atoms with Gasteiger partial charge in [-0.1, -0.05) is 12.5 Å². The number of pyridine rings is 1. The Morgan fingerprint density at radius 3 is 2.67 bits per heavy atom. The lowest BCUT2D eigenvalue weighted by Gasteiger charge is -2.37. The number of aromatic nitrogens is 1. The van der Waals surface area contributed by atoms with Crippen LogP contribution in [0.1, 0.15) is 55.0 Å². The topological polar surface area (TPSA) is 7.65 Å². The minimum atomic E-state index is 0. The van der Waals surface area contributed by atoms with Gasteiger partial charge in [0.15, 0.2) is 0 Å². The molecule has 1 saturated heterocycles. The average Bonchev–Trinajstić information content (AvgIpc) is 2.82. The summed E-state index contributed by atoms with van der Waals surface area (Å²) in [6.07, 6.45) is 10.4. The molecule has 0 N–H and O–H groups in total. The second-order valence-electron chi connectivity index (χ2n) is 6.45. The maximum absolute atomic E-state index is 2.76. The van der Waals surface area contributed by atoms with Crippen molar-refractivity contribution in [3.63, 3.8) is 0 Å². The zero-order valence-corrected chi connectivity index (χ0v) is 13.7. The number of halogens is 1. The standard InChI is InChI=1S/C18H24N2.ClH/c1-14-15-8-3-6-13-20(15)17-10-7-9-16(18(14)17)19-11-4-2-5-12-19;/h3,6,8,13,16H,2,4-5,7,9-12H2,1H3;1H. The minimum absolute atomic E-state index is 0. The second-order valence-corrected chi connectivity index (χ2v) is 6.45. The van der Waals surface area contributed by atoms with Crippen LogP contribution in [-0.2, 0) is 6.42 Å². The van der Waals surface area contributed by atoms with Crippen LogP contribution in [0, 0.1) is 6.92 Å². The highest BCUT2D eigenvalue weighted by Gasteiger charge is 2.31. The first-order valence-electron chi connectivity index (χ1n) is 8.19. The summed E-state index contributed by atoms with van der Waals surface area (Å²) in [4.78, 5) is 2.76. The third-order valence-electron chi connectivity index (χ3n) is 5.31. The van der Waals surface area contributed by atoms with E-state index in [-0.39, 0.29) is 12.4 Å². The molecule has 0 amide bonds. The van der Waals surface area contributed by atoms with Crippen LogP contribution in [0.5, 0.6) is 0 Å². The first-order valence-corrected chi connectivity index (χ1v) is 8.19. The molecule has 21 heavy (non-hydrogen) atoms. The Hall–Kier alpha value is -0.990. The smallest absolute Gasteiger partial charge is 0.0485 e. The maximum atomic E-state index is 2.76. The van der Waals surface area contributed by atoms with E-state index in [2.05, 4.69) is 40.6 Å². The lowest BCUT2D eigenvalue weighted by Crippen LogP contribution is -2.35. The zero-order valence-electron chi connectivity index (χ0n) is 12.8. The van der Waals surface area contributed by atoms with E-state index in [9.17, 15) is 0 Å². The molecular formula is C18H25ClN2. The van der Waals surface area contributed by atoms with Gasteiger partial charge in [-0.2, -0.15) is 0 Å². The van der Waals surface area contributed by atoms with Crippen LogP contribution in [0.15, 0.2) is 24.4 Å². The van der Waals surface area contributed by atoms with Gasteiger partial charge in [-0.15, -0.1) is 12.4 Å². The molecule has 1 unspecified atom stereocenters. The van der Waals surface area contributed by atoms with E-state index in [0.717, 1.165) is 0 Å². The number of likely N-dealkylation sites (tertiary alicyclic amines) is 1. The molecule has 1 atom stereocenters. The molecule has 0 radical (unpaired) electrons. The molecule has 0 bridgehead atoms.